The molecule has 0 unspecified atom stereocenters. The van der Waals surface area contributed by atoms with Crippen LogP contribution >= 0.6 is 0 Å². The molecule has 1 aliphatic rings. The highest BCUT2D eigenvalue weighted by molar-refractivity contribution is 5.83. The molecule has 1 aromatic rings. The molecule has 2 rings (SSSR count). The van der Waals surface area contributed by atoms with Crippen molar-refractivity contribution in [1.82, 2.24) is 0 Å². The number of nitro benzene ring substituents is 1. The highest BCUT2D eigenvalue weighted by atomic mass is 16.7. The maximum Gasteiger partial charge on any atom is 0.280 e. The van der Waals surface area contributed by atoms with Crippen molar-refractivity contribution in [2.45, 2.75) is 6.92 Å². The fourth-order valence-electron chi connectivity index (χ4n) is 1.50. The van der Waals surface area contributed by atoms with Gasteiger partial charge in [0, 0.05) is 0 Å². The summed E-state index contributed by atoms with van der Waals surface area (Å²) < 4.78 is 10.2. The Morgan fingerprint density at radius 3 is 2.65 bits per heavy atom. The molecular formula is C11H9NO5. The molecule has 0 amide bonds. The molecule has 0 saturated heterocycles. The highest BCUT2D eigenvalue weighted by Gasteiger charge is 2.22. The normalized spacial score (nSPS) is 13.6. The van der Waals surface area contributed by atoms with Crippen LogP contribution in [0.4, 0.5) is 5.69 Å². The second-order valence-electron chi connectivity index (χ2n) is 3.53. The number of carbonyl (C=O) groups excluding carboxylic acids is 1. The summed E-state index contributed by atoms with van der Waals surface area (Å²) >= 11 is 0. The van der Waals surface area contributed by atoms with Crippen LogP contribution in [0.5, 0.6) is 11.5 Å². The Morgan fingerprint density at radius 1 is 1.41 bits per heavy atom. The van der Waals surface area contributed by atoms with Gasteiger partial charge in [0.25, 0.3) is 5.69 Å². The van der Waals surface area contributed by atoms with E-state index in [9.17, 15) is 14.9 Å². The number of hydrogen-bond acceptors (Lipinski definition) is 5. The summed E-state index contributed by atoms with van der Waals surface area (Å²) in [5.41, 5.74) is 0.603. The van der Waals surface area contributed by atoms with E-state index >= 15 is 0 Å². The smallest absolute Gasteiger partial charge is 0.280 e. The first-order valence-electron chi connectivity index (χ1n) is 4.83. The average molecular weight is 235 g/mol. The average Bonchev–Trinajstić information content (AvgIpc) is 2.74. The van der Waals surface area contributed by atoms with Crippen LogP contribution in [0.2, 0.25) is 0 Å². The summed E-state index contributed by atoms with van der Waals surface area (Å²) in [6, 6.07) is 2.79. The molecule has 88 valence electrons. The van der Waals surface area contributed by atoms with Gasteiger partial charge in [0.1, 0.15) is 6.29 Å². The van der Waals surface area contributed by atoms with E-state index in [0.717, 1.165) is 0 Å². The Morgan fingerprint density at radius 2 is 2.06 bits per heavy atom. The van der Waals surface area contributed by atoms with Crippen LogP contribution in [-0.2, 0) is 4.79 Å². The van der Waals surface area contributed by atoms with Gasteiger partial charge in [0.15, 0.2) is 11.5 Å². The summed E-state index contributed by atoms with van der Waals surface area (Å²) in [4.78, 5) is 20.9. The number of nitrogens with zero attached hydrogens (tertiary/aromatic N) is 1. The Hall–Kier alpha value is -2.37. The predicted molar refractivity (Wildman–Crippen MR) is 58.9 cm³/mol. The van der Waals surface area contributed by atoms with Crippen molar-refractivity contribution >= 4 is 18.0 Å². The number of ether oxygens (including phenoxy) is 2. The Kier molecular flexibility index (Phi) is 2.78. The molecule has 0 bridgehead atoms. The van der Waals surface area contributed by atoms with E-state index in [1.165, 1.54) is 18.2 Å². The van der Waals surface area contributed by atoms with Gasteiger partial charge in [-0.15, -0.1) is 0 Å². The summed E-state index contributed by atoms with van der Waals surface area (Å²) in [5, 5.41) is 10.9. The van der Waals surface area contributed by atoms with Crippen LogP contribution < -0.4 is 9.47 Å². The summed E-state index contributed by atoms with van der Waals surface area (Å²) in [6.07, 6.45) is 2.07. The van der Waals surface area contributed by atoms with E-state index in [4.69, 9.17) is 9.47 Å². The van der Waals surface area contributed by atoms with E-state index in [0.29, 0.717) is 28.9 Å². The number of hydrogen-bond donors (Lipinski definition) is 0. The molecule has 0 saturated carbocycles. The van der Waals surface area contributed by atoms with Crippen LogP contribution in [-0.4, -0.2) is 18.0 Å². The van der Waals surface area contributed by atoms with Crippen LogP contribution in [0.3, 0.4) is 0 Å². The van der Waals surface area contributed by atoms with E-state index in [1.807, 2.05) is 0 Å². The van der Waals surface area contributed by atoms with Gasteiger partial charge in [-0.25, -0.2) is 0 Å². The first-order valence-corrected chi connectivity index (χ1v) is 4.83. The molecule has 6 heteroatoms. The summed E-state index contributed by atoms with van der Waals surface area (Å²) in [7, 11) is 0. The minimum atomic E-state index is -0.522. The minimum absolute atomic E-state index is 0.0479. The van der Waals surface area contributed by atoms with Gasteiger partial charge in [-0.2, -0.15) is 0 Å². The van der Waals surface area contributed by atoms with Gasteiger partial charge in [0.2, 0.25) is 6.79 Å². The van der Waals surface area contributed by atoms with E-state index < -0.39 is 4.92 Å². The first-order chi connectivity index (χ1) is 8.11. The lowest BCUT2D eigenvalue weighted by atomic mass is 10.1. The molecule has 0 spiro atoms. The van der Waals surface area contributed by atoms with Crippen molar-refractivity contribution in [1.29, 1.82) is 0 Å². The van der Waals surface area contributed by atoms with Crippen LogP contribution in [0.25, 0.3) is 6.08 Å². The molecule has 17 heavy (non-hydrogen) atoms. The number of fused-ring (bicyclic) bond motifs is 1. The molecule has 0 aliphatic carbocycles. The molecule has 0 radical (unpaired) electrons. The second-order valence-corrected chi connectivity index (χ2v) is 3.53. The quantitative estimate of drug-likeness (QED) is 0.346. The zero-order chi connectivity index (χ0) is 12.4. The summed E-state index contributed by atoms with van der Waals surface area (Å²) in [5.74, 6) is 0.790. The SMILES string of the molecule is CC(C=O)=Cc1cc2c(cc1[N+](=O)[O-])OCO2. The van der Waals surface area contributed by atoms with Gasteiger partial charge in [-0.1, -0.05) is 0 Å². The van der Waals surface area contributed by atoms with Crippen molar-refractivity contribution in [2.75, 3.05) is 6.79 Å². The third-order valence-electron chi connectivity index (χ3n) is 2.29. The van der Waals surface area contributed by atoms with Crippen LogP contribution in [0.1, 0.15) is 12.5 Å². The maximum absolute atomic E-state index is 10.9. The number of rotatable bonds is 3. The Labute approximate surface area is 96.6 Å². The molecule has 0 fully saturated rings. The third kappa shape index (κ3) is 2.10. The number of nitro groups is 1. The molecule has 0 atom stereocenters. The lowest BCUT2D eigenvalue weighted by Gasteiger charge is -2.01. The fourth-order valence-corrected chi connectivity index (χ4v) is 1.50. The first kappa shape index (κ1) is 11.1. The van der Waals surface area contributed by atoms with Crippen molar-refractivity contribution in [3.63, 3.8) is 0 Å². The van der Waals surface area contributed by atoms with Gasteiger partial charge in [0.05, 0.1) is 16.6 Å². The van der Waals surface area contributed by atoms with Crippen molar-refractivity contribution in [2.24, 2.45) is 0 Å². The van der Waals surface area contributed by atoms with E-state index in [2.05, 4.69) is 0 Å². The molecule has 1 aromatic carbocycles. The molecule has 1 heterocycles. The van der Waals surface area contributed by atoms with Gasteiger partial charge in [-0.3, -0.25) is 14.9 Å². The molecule has 0 N–H and O–H groups in total. The predicted octanol–water partition coefficient (Wildman–Crippen LogP) is 1.93. The van der Waals surface area contributed by atoms with Crippen LogP contribution in [0, 0.1) is 10.1 Å². The lowest BCUT2D eigenvalue weighted by molar-refractivity contribution is -0.385. The number of allylic oxidation sites excluding steroid dienone is 1. The molecule has 0 aromatic heterocycles. The largest absolute Gasteiger partial charge is 0.454 e. The molecule has 6 nitrogen and oxygen atoms in total. The molecule has 1 aliphatic heterocycles. The van der Waals surface area contributed by atoms with Gasteiger partial charge >= 0.3 is 0 Å². The topological polar surface area (TPSA) is 78.7 Å². The third-order valence-corrected chi connectivity index (χ3v) is 2.29. The standard InChI is InChI=1S/C11H9NO5/c1-7(5-13)2-8-3-10-11(17-6-16-10)4-9(8)12(14)15/h2-5H,6H2,1H3. The lowest BCUT2D eigenvalue weighted by Crippen LogP contribution is -1.93. The summed E-state index contributed by atoms with van der Waals surface area (Å²) in [6.45, 7) is 1.62. The zero-order valence-corrected chi connectivity index (χ0v) is 9.00. The van der Waals surface area contributed by atoms with Gasteiger partial charge < -0.3 is 9.47 Å². The zero-order valence-electron chi connectivity index (χ0n) is 9.00. The van der Waals surface area contributed by atoms with Crippen molar-refractivity contribution in [3.8, 4) is 11.5 Å². The number of aldehydes is 1. The fraction of sp³-hybridized carbons (Fsp3) is 0.182. The second kappa shape index (κ2) is 4.25. The number of benzene rings is 1. The monoisotopic (exact) mass is 235 g/mol. The Bertz CT molecular complexity index is 521. The highest BCUT2D eigenvalue weighted by Crippen LogP contribution is 2.38. The van der Waals surface area contributed by atoms with Crippen molar-refractivity contribution < 1.29 is 19.2 Å². The van der Waals surface area contributed by atoms with Gasteiger partial charge in [-0.05, 0) is 24.6 Å². The maximum atomic E-state index is 10.9. The Balaban J connectivity index is 2.56. The molecular weight excluding hydrogens is 226 g/mol. The number of carbonyl (C=O) groups is 1. The van der Waals surface area contributed by atoms with E-state index in [1.54, 1.807) is 6.92 Å². The van der Waals surface area contributed by atoms with E-state index in [-0.39, 0.29) is 12.5 Å². The minimum Gasteiger partial charge on any atom is -0.454 e. The van der Waals surface area contributed by atoms with Crippen molar-refractivity contribution in [3.05, 3.63) is 33.4 Å². The van der Waals surface area contributed by atoms with Crippen LogP contribution in [0.15, 0.2) is 17.7 Å².